The second-order valence-corrected chi connectivity index (χ2v) is 5.66. The van der Waals surface area contributed by atoms with Gasteiger partial charge in [-0.15, -0.1) is 0 Å². The molecule has 2 aromatic rings. The lowest BCUT2D eigenvalue weighted by atomic mass is 10.1. The van der Waals surface area contributed by atoms with Gasteiger partial charge in [0.2, 0.25) is 0 Å². The first-order valence-electron chi connectivity index (χ1n) is 6.91. The summed E-state index contributed by atoms with van der Waals surface area (Å²) in [5.74, 6) is -0.220. The molecule has 0 aromatic heterocycles. The topological polar surface area (TPSA) is 23.5 Å². The van der Waals surface area contributed by atoms with Crippen LogP contribution in [-0.2, 0) is 6.54 Å². The van der Waals surface area contributed by atoms with E-state index in [1.165, 1.54) is 12.1 Å². The van der Waals surface area contributed by atoms with Crippen molar-refractivity contribution < 1.29 is 9.50 Å². The molecule has 0 spiro atoms. The van der Waals surface area contributed by atoms with E-state index in [-0.39, 0.29) is 5.82 Å². The Bertz CT molecular complexity index is 573. The lowest BCUT2D eigenvalue weighted by Gasteiger charge is -2.19. The minimum Gasteiger partial charge on any atom is -0.388 e. The Morgan fingerprint density at radius 2 is 1.90 bits per heavy atom. The number of hydrogen-bond acceptors (Lipinski definition) is 2. The van der Waals surface area contributed by atoms with Crippen LogP contribution in [0.3, 0.4) is 0 Å². The lowest BCUT2D eigenvalue weighted by molar-refractivity contribution is 0.147. The van der Waals surface area contributed by atoms with Gasteiger partial charge in [-0.25, -0.2) is 4.39 Å². The van der Waals surface area contributed by atoms with Gasteiger partial charge in [0, 0.05) is 18.1 Å². The van der Waals surface area contributed by atoms with Crippen molar-refractivity contribution in [3.05, 3.63) is 70.5 Å². The van der Waals surface area contributed by atoms with E-state index in [1.54, 1.807) is 18.2 Å². The molecule has 2 nitrogen and oxygen atoms in total. The van der Waals surface area contributed by atoms with Gasteiger partial charge in [-0.1, -0.05) is 35.9 Å². The maximum atomic E-state index is 13.1. The molecular weight excluding hydrogens is 289 g/mol. The molecule has 0 bridgehead atoms. The molecular formula is C17H19ClFNO. The summed E-state index contributed by atoms with van der Waals surface area (Å²) in [6, 6.07) is 13.8. The number of rotatable bonds is 6. The van der Waals surface area contributed by atoms with Crippen LogP contribution in [-0.4, -0.2) is 23.6 Å². The highest BCUT2D eigenvalue weighted by Gasteiger charge is 2.09. The third-order valence-corrected chi connectivity index (χ3v) is 3.63. The standard InChI is InChI=1S/C17H19ClFNO/c1-20(12-13-3-2-4-16(19)11-13)10-9-17(21)14-5-7-15(18)8-6-14/h2-8,11,17,21H,9-10,12H2,1H3. The van der Waals surface area contributed by atoms with E-state index in [9.17, 15) is 9.50 Å². The quantitative estimate of drug-likeness (QED) is 0.871. The van der Waals surface area contributed by atoms with Gasteiger partial charge in [-0.3, -0.25) is 0 Å². The fourth-order valence-corrected chi connectivity index (χ4v) is 2.35. The van der Waals surface area contributed by atoms with E-state index >= 15 is 0 Å². The monoisotopic (exact) mass is 307 g/mol. The van der Waals surface area contributed by atoms with Gasteiger partial charge < -0.3 is 10.0 Å². The summed E-state index contributed by atoms with van der Waals surface area (Å²) in [6.45, 7) is 1.38. The fourth-order valence-electron chi connectivity index (χ4n) is 2.22. The summed E-state index contributed by atoms with van der Waals surface area (Å²) in [5.41, 5.74) is 1.79. The van der Waals surface area contributed by atoms with Crippen molar-refractivity contribution in [3.8, 4) is 0 Å². The second-order valence-electron chi connectivity index (χ2n) is 5.22. The van der Waals surface area contributed by atoms with Gasteiger partial charge >= 0.3 is 0 Å². The molecule has 0 heterocycles. The SMILES string of the molecule is CN(CCC(O)c1ccc(Cl)cc1)Cc1cccc(F)c1. The summed E-state index contributed by atoms with van der Waals surface area (Å²) in [5, 5.41) is 10.8. The van der Waals surface area contributed by atoms with Gasteiger partial charge in [0.05, 0.1) is 6.10 Å². The molecule has 2 rings (SSSR count). The number of benzene rings is 2. The van der Waals surface area contributed by atoms with Crippen LogP contribution in [0.15, 0.2) is 48.5 Å². The van der Waals surface area contributed by atoms with E-state index in [4.69, 9.17) is 11.6 Å². The molecule has 0 saturated heterocycles. The molecule has 0 aliphatic heterocycles. The highest BCUT2D eigenvalue weighted by molar-refractivity contribution is 6.30. The van der Waals surface area contributed by atoms with Crippen molar-refractivity contribution in [2.24, 2.45) is 0 Å². The Balaban J connectivity index is 1.83. The fraction of sp³-hybridized carbons (Fsp3) is 0.294. The van der Waals surface area contributed by atoms with Crippen LogP contribution in [0.2, 0.25) is 5.02 Å². The predicted octanol–water partition coefficient (Wildman–Crippen LogP) is 4.03. The second kappa shape index (κ2) is 7.55. The number of hydrogen-bond donors (Lipinski definition) is 1. The first-order valence-corrected chi connectivity index (χ1v) is 7.29. The molecule has 0 saturated carbocycles. The number of aliphatic hydroxyl groups is 1. The van der Waals surface area contributed by atoms with Crippen molar-refractivity contribution in [1.82, 2.24) is 4.90 Å². The third kappa shape index (κ3) is 5.12. The summed E-state index contributed by atoms with van der Waals surface area (Å²) in [4.78, 5) is 2.06. The zero-order chi connectivity index (χ0) is 15.2. The van der Waals surface area contributed by atoms with Crippen molar-refractivity contribution in [3.63, 3.8) is 0 Å². The van der Waals surface area contributed by atoms with Gasteiger partial charge in [0.15, 0.2) is 0 Å². The molecule has 1 N–H and O–H groups in total. The van der Waals surface area contributed by atoms with Gasteiger partial charge in [0.25, 0.3) is 0 Å². The largest absolute Gasteiger partial charge is 0.388 e. The van der Waals surface area contributed by atoms with Crippen LogP contribution in [0.5, 0.6) is 0 Å². The zero-order valence-electron chi connectivity index (χ0n) is 12.0. The van der Waals surface area contributed by atoms with Crippen molar-refractivity contribution in [2.45, 2.75) is 19.1 Å². The van der Waals surface area contributed by atoms with Crippen LogP contribution >= 0.6 is 11.6 Å². The normalized spacial score (nSPS) is 12.6. The summed E-state index contributed by atoms with van der Waals surface area (Å²) < 4.78 is 13.1. The summed E-state index contributed by atoms with van der Waals surface area (Å²) in [7, 11) is 1.96. The Labute approximate surface area is 129 Å². The van der Waals surface area contributed by atoms with E-state index in [2.05, 4.69) is 4.90 Å². The van der Waals surface area contributed by atoms with Gasteiger partial charge in [0.1, 0.15) is 5.82 Å². The molecule has 0 aliphatic rings. The molecule has 0 aliphatic carbocycles. The predicted molar refractivity (Wildman–Crippen MR) is 83.8 cm³/mol. The highest BCUT2D eigenvalue weighted by atomic mass is 35.5. The Kier molecular flexibility index (Phi) is 5.74. The summed E-state index contributed by atoms with van der Waals surface area (Å²) >= 11 is 5.83. The molecule has 21 heavy (non-hydrogen) atoms. The zero-order valence-corrected chi connectivity index (χ0v) is 12.7. The van der Waals surface area contributed by atoms with E-state index < -0.39 is 6.10 Å². The Hall–Kier alpha value is -1.42. The van der Waals surface area contributed by atoms with Crippen molar-refractivity contribution in [2.75, 3.05) is 13.6 Å². The molecule has 4 heteroatoms. The molecule has 2 aromatic carbocycles. The van der Waals surface area contributed by atoms with Gasteiger partial charge in [-0.2, -0.15) is 0 Å². The maximum absolute atomic E-state index is 13.1. The molecule has 1 atom stereocenters. The molecule has 0 radical (unpaired) electrons. The smallest absolute Gasteiger partial charge is 0.123 e. The molecule has 0 amide bonds. The van der Waals surface area contributed by atoms with Gasteiger partial charge in [-0.05, 0) is 48.9 Å². The Morgan fingerprint density at radius 3 is 2.57 bits per heavy atom. The van der Waals surface area contributed by atoms with Crippen LogP contribution in [0, 0.1) is 5.82 Å². The average molecular weight is 308 g/mol. The summed E-state index contributed by atoms with van der Waals surface area (Å²) in [6.07, 6.45) is 0.102. The first-order chi connectivity index (χ1) is 10.0. The van der Waals surface area contributed by atoms with Crippen LogP contribution < -0.4 is 0 Å². The average Bonchev–Trinajstić information content (AvgIpc) is 2.45. The minimum atomic E-state index is -0.516. The third-order valence-electron chi connectivity index (χ3n) is 3.38. The van der Waals surface area contributed by atoms with Crippen LogP contribution in [0.4, 0.5) is 4.39 Å². The highest BCUT2D eigenvalue weighted by Crippen LogP contribution is 2.19. The number of halogens is 2. The number of aliphatic hydroxyl groups excluding tert-OH is 1. The first kappa shape index (κ1) is 16.0. The van der Waals surface area contributed by atoms with Crippen molar-refractivity contribution >= 4 is 11.6 Å². The van der Waals surface area contributed by atoms with Crippen LogP contribution in [0.1, 0.15) is 23.7 Å². The van der Waals surface area contributed by atoms with Crippen molar-refractivity contribution in [1.29, 1.82) is 0 Å². The van der Waals surface area contributed by atoms with E-state index in [0.29, 0.717) is 18.0 Å². The van der Waals surface area contributed by atoms with E-state index in [1.807, 2.05) is 25.2 Å². The molecule has 1 unspecified atom stereocenters. The minimum absolute atomic E-state index is 0.220. The lowest BCUT2D eigenvalue weighted by Crippen LogP contribution is -2.21. The molecule has 112 valence electrons. The Morgan fingerprint density at radius 1 is 1.19 bits per heavy atom. The van der Waals surface area contributed by atoms with Crippen LogP contribution in [0.25, 0.3) is 0 Å². The molecule has 0 fully saturated rings. The van der Waals surface area contributed by atoms with E-state index in [0.717, 1.165) is 17.7 Å². The number of nitrogens with zero attached hydrogens (tertiary/aromatic N) is 1. The maximum Gasteiger partial charge on any atom is 0.123 e.